The van der Waals surface area contributed by atoms with Crippen LogP contribution in [-0.4, -0.2) is 19.6 Å². The largest absolute Gasteiger partial charge is 0.372 e. The fourth-order valence-electron chi connectivity index (χ4n) is 2.78. The lowest BCUT2D eigenvalue weighted by Gasteiger charge is -2.25. The van der Waals surface area contributed by atoms with E-state index < -0.39 is 0 Å². The molecule has 0 aliphatic carbocycles. The van der Waals surface area contributed by atoms with Gasteiger partial charge in [0.25, 0.3) is 0 Å². The van der Waals surface area contributed by atoms with Gasteiger partial charge in [0.05, 0.1) is 0 Å². The van der Waals surface area contributed by atoms with E-state index in [1.54, 1.807) is 0 Å². The Balaban J connectivity index is 1.97. The highest BCUT2D eigenvalue weighted by molar-refractivity contribution is 5.47. The summed E-state index contributed by atoms with van der Waals surface area (Å²) in [6.07, 6.45) is 3.96. The molecule has 0 saturated carbocycles. The Morgan fingerprint density at radius 3 is 2.53 bits per heavy atom. The molecule has 19 heavy (non-hydrogen) atoms. The predicted molar refractivity (Wildman–Crippen MR) is 83.7 cm³/mol. The average molecular weight is 260 g/mol. The highest BCUT2D eigenvalue weighted by atomic mass is 15.1. The van der Waals surface area contributed by atoms with Gasteiger partial charge in [0.15, 0.2) is 0 Å². The second-order valence-electron chi connectivity index (χ2n) is 6.45. The quantitative estimate of drug-likeness (QED) is 0.885. The summed E-state index contributed by atoms with van der Waals surface area (Å²) in [6.45, 7) is 11.3. The second kappa shape index (κ2) is 6.42. The van der Waals surface area contributed by atoms with Crippen LogP contribution in [0.4, 0.5) is 5.69 Å². The van der Waals surface area contributed by atoms with Crippen LogP contribution in [0, 0.1) is 5.41 Å². The van der Waals surface area contributed by atoms with Gasteiger partial charge in [0.1, 0.15) is 0 Å². The van der Waals surface area contributed by atoms with Gasteiger partial charge in [0, 0.05) is 25.3 Å². The van der Waals surface area contributed by atoms with Crippen molar-refractivity contribution in [1.82, 2.24) is 5.32 Å². The van der Waals surface area contributed by atoms with Crippen LogP contribution in [0.15, 0.2) is 24.3 Å². The number of nitrogens with one attached hydrogen (secondary N) is 1. The first-order valence-electron chi connectivity index (χ1n) is 7.65. The van der Waals surface area contributed by atoms with Crippen molar-refractivity contribution in [3.8, 4) is 0 Å². The van der Waals surface area contributed by atoms with Crippen LogP contribution in [0.25, 0.3) is 0 Å². The van der Waals surface area contributed by atoms with Crippen molar-refractivity contribution in [2.24, 2.45) is 5.41 Å². The van der Waals surface area contributed by atoms with Crippen molar-refractivity contribution in [3.63, 3.8) is 0 Å². The summed E-state index contributed by atoms with van der Waals surface area (Å²) in [4.78, 5) is 2.55. The van der Waals surface area contributed by atoms with Gasteiger partial charge < -0.3 is 10.2 Å². The van der Waals surface area contributed by atoms with E-state index in [2.05, 4.69) is 55.3 Å². The number of anilines is 1. The lowest BCUT2D eigenvalue weighted by atomic mass is 9.85. The van der Waals surface area contributed by atoms with Crippen LogP contribution in [0.5, 0.6) is 0 Å². The van der Waals surface area contributed by atoms with Crippen molar-refractivity contribution in [3.05, 3.63) is 29.8 Å². The van der Waals surface area contributed by atoms with Crippen LogP contribution in [0.1, 0.15) is 45.6 Å². The van der Waals surface area contributed by atoms with E-state index in [-0.39, 0.29) is 0 Å². The van der Waals surface area contributed by atoms with E-state index in [9.17, 15) is 0 Å². The Bertz CT molecular complexity index is 381. The summed E-state index contributed by atoms with van der Waals surface area (Å²) >= 11 is 0. The third-order valence-electron chi connectivity index (χ3n) is 4.22. The molecule has 0 radical (unpaired) electrons. The first kappa shape index (κ1) is 14.4. The topological polar surface area (TPSA) is 15.3 Å². The lowest BCUT2D eigenvalue weighted by molar-refractivity contribution is 0.325. The normalized spacial score (nSPS) is 19.2. The van der Waals surface area contributed by atoms with Crippen molar-refractivity contribution in [1.29, 1.82) is 0 Å². The third kappa shape index (κ3) is 4.24. The fourth-order valence-corrected chi connectivity index (χ4v) is 2.78. The molecule has 2 nitrogen and oxygen atoms in total. The number of benzene rings is 1. The SMILES string of the molecule is CCNCc1ccc(N2CCCC(C)(C)CC2)cc1. The first-order valence-corrected chi connectivity index (χ1v) is 7.65. The molecule has 2 rings (SSSR count). The zero-order valence-corrected chi connectivity index (χ0v) is 12.7. The zero-order valence-electron chi connectivity index (χ0n) is 12.7. The molecule has 1 N–H and O–H groups in total. The monoisotopic (exact) mass is 260 g/mol. The summed E-state index contributed by atoms with van der Waals surface area (Å²) in [5.74, 6) is 0. The van der Waals surface area contributed by atoms with Crippen LogP contribution in [0.3, 0.4) is 0 Å². The van der Waals surface area contributed by atoms with Gasteiger partial charge in [-0.1, -0.05) is 32.9 Å². The Hall–Kier alpha value is -1.02. The molecule has 1 saturated heterocycles. The highest BCUT2D eigenvalue weighted by Gasteiger charge is 2.22. The van der Waals surface area contributed by atoms with Gasteiger partial charge in [-0.15, -0.1) is 0 Å². The van der Waals surface area contributed by atoms with E-state index in [1.165, 1.54) is 43.6 Å². The summed E-state index contributed by atoms with van der Waals surface area (Å²) < 4.78 is 0. The number of hydrogen-bond acceptors (Lipinski definition) is 2. The van der Waals surface area contributed by atoms with Gasteiger partial charge in [0.2, 0.25) is 0 Å². The van der Waals surface area contributed by atoms with E-state index in [0.717, 1.165) is 13.1 Å². The van der Waals surface area contributed by atoms with Crippen molar-refractivity contribution >= 4 is 5.69 Å². The average Bonchev–Trinajstić information content (AvgIpc) is 2.58. The molecule has 0 amide bonds. The molecular weight excluding hydrogens is 232 g/mol. The molecule has 1 aromatic carbocycles. The Morgan fingerprint density at radius 1 is 1.11 bits per heavy atom. The maximum atomic E-state index is 3.37. The number of rotatable bonds is 4. The minimum atomic E-state index is 0.514. The Morgan fingerprint density at radius 2 is 1.84 bits per heavy atom. The van der Waals surface area contributed by atoms with Gasteiger partial charge in [-0.25, -0.2) is 0 Å². The summed E-state index contributed by atoms with van der Waals surface area (Å²) in [7, 11) is 0. The van der Waals surface area contributed by atoms with Crippen LogP contribution < -0.4 is 10.2 Å². The standard InChI is InChI=1S/C17H28N2/c1-4-18-14-15-6-8-16(9-7-15)19-12-5-10-17(2,3)11-13-19/h6-9,18H,4-5,10-14H2,1-3H3. The van der Waals surface area contributed by atoms with Crippen LogP contribution in [-0.2, 0) is 6.54 Å². The molecule has 1 aliphatic rings. The van der Waals surface area contributed by atoms with Crippen LogP contribution >= 0.6 is 0 Å². The van der Waals surface area contributed by atoms with Crippen molar-refractivity contribution in [2.45, 2.75) is 46.6 Å². The number of nitrogens with zero attached hydrogens (tertiary/aromatic N) is 1. The van der Waals surface area contributed by atoms with E-state index in [1.807, 2.05) is 0 Å². The van der Waals surface area contributed by atoms with Crippen LogP contribution in [0.2, 0.25) is 0 Å². The highest BCUT2D eigenvalue weighted by Crippen LogP contribution is 2.31. The molecule has 0 aromatic heterocycles. The van der Waals surface area contributed by atoms with E-state index >= 15 is 0 Å². The van der Waals surface area contributed by atoms with Crippen molar-refractivity contribution in [2.75, 3.05) is 24.5 Å². The smallest absolute Gasteiger partial charge is 0.0366 e. The van der Waals surface area contributed by atoms with Gasteiger partial charge in [-0.05, 0) is 48.9 Å². The van der Waals surface area contributed by atoms with Gasteiger partial charge in [-0.3, -0.25) is 0 Å². The molecule has 1 aromatic rings. The minimum absolute atomic E-state index is 0.514. The van der Waals surface area contributed by atoms with Crippen molar-refractivity contribution < 1.29 is 0 Å². The van der Waals surface area contributed by atoms with Gasteiger partial charge >= 0.3 is 0 Å². The zero-order chi connectivity index (χ0) is 13.7. The molecule has 1 aliphatic heterocycles. The molecule has 0 bridgehead atoms. The molecule has 0 spiro atoms. The Labute approximate surface area is 118 Å². The molecule has 0 unspecified atom stereocenters. The minimum Gasteiger partial charge on any atom is -0.372 e. The molecule has 1 fully saturated rings. The molecular formula is C17H28N2. The molecule has 106 valence electrons. The molecule has 2 heteroatoms. The molecule has 1 heterocycles. The molecule has 0 atom stereocenters. The summed E-state index contributed by atoms with van der Waals surface area (Å²) in [6, 6.07) is 9.08. The third-order valence-corrected chi connectivity index (χ3v) is 4.22. The maximum absolute atomic E-state index is 3.37. The van der Waals surface area contributed by atoms with E-state index in [0.29, 0.717) is 5.41 Å². The maximum Gasteiger partial charge on any atom is 0.0366 e. The number of hydrogen-bond donors (Lipinski definition) is 1. The summed E-state index contributed by atoms with van der Waals surface area (Å²) in [5.41, 5.74) is 3.28. The lowest BCUT2D eigenvalue weighted by Crippen LogP contribution is -2.25. The first-order chi connectivity index (χ1) is 9.11. The second-order valence-corrected chi connectivity index (χ2v) is 6.45. The summed E-state index contributed by atoms with van der Waals surface area (Å²) in [5, 5.41) is 3.37. The Kier molecular flexibility index (Phi) is 4.87. The predicted octanol–water partition coefficient (Wildman–Crippen LogP) is 3.81. The van der Waals surface area contributed by atoms with E-state index in [4.69, 9.17) is 0 Å². The van der Waals surface area contributed by atoms with Gasteiger partial charge in [-0.2, -0.15) is 0 Å². The fraction of sp³-hybridized carbons (Fsp3) is 0.647.